The van der Waals surface area contributed by atoms with Crippen molar-refractivity contribution in [3.05, 3.63) is 0 Å². The van der Waals surface area contributed by atoms with Gasteiger partial charge in [-0.2, -0.15) is 11.8 Å². The fourth-order valence-corrected chi connectivity index (χ4v) is 4.22. The first-order valence-electron chi connectivity index (χ1n) is 8.12. The predicted molar refractivity (Wildman–Crippen MR) is 87.9 cm³/mol. The third-order valence-electron chi connectivity index (χ3n) is 4.50. The number of nitrogens with one attached hydrogen (secondary N) is 2. The van der Waals surface area contributed by atoms with E-state index in [1.165, 1.54) is 50.3 Å². The average molecular weight is 315 g/mol. The minimum atomic E-state index is -0.0706. The summed E-state index contributed by atoms with van der Waals surface area (Å²) in [7, 11) is 1.64. The lowest BCUT2D eigenvalue weighted by Gasteiger charge is -2.39. The molecule has 0 aromatic carbocycles. The molecule has 0 atom stereocenters. The second-order valence-electron chi connectivity index (χ2n) is 5.95. The van der Waals surface area contributed by atoms with E-state index in [1.54, 1.807) is 7.11 Å². The number of thioether (sulfide) groups is 1. The van der Waals surface area contributed by atoms with Gasteiger partial charge in [0.2, 0.25) is 0 Å². The zero-order valence-electron chi connectivity index (χ0n) is 13.1. The van der Waals surface area contributed by atoms with Gasteiger partial charge in [-0.15, -0.1) is 0 Å². The number of methoxy groups -OCH3 is 1. The highest BCUT2D eigenvalue weighted by Crippen LogP contribution is 2.26. The van der Waals surface area contributed by atoms with E-state index in [4.69, 9.17) is 4.74 Å². The fourth-order valence-electron chi connectivity index (χ4n) is 3.14. The van der Waals surface area contributed by atoms with E-state index in [9.17, 15) is 4.79 Å². The first kappa shape index (κ1) is 16.9. The third kappa shape index (κ3) is 6.04. The maximum absolute atomic E-state index is 11.6. The van der Waals surface area contributed by atoms with Crippen molar-refractivity contribution in [3.63, 3.8) is 0 Å². The number of amides is 2. The van der Waals surface area contributed by atoms with Crippen molar-refractivity contribution in [2.45, 2.75) is 31.7 Å². The van der Waals surface area contributed by atoms with Gasteiger partial charge >= 0.3 is 6.03 Å². The molecule has 5 nitrogen and oxygen atoms in total. The monoisotopic (exact) mass is 315 g/mol. The van der Waals surface area contributed by atoms with Gasteiger partial charge in [-0.25, -0.2) is 4.79 Å². The summed E-state index contributed by atoms with van der Waals surface area (Å²) in [6.45, 7) is 4.33. The Bertz CT molecular complexity index is 303. The van der Waals surface area contributed by atoms with Crippen LogP contribution in [0.15, 0.2) is 0 Å². The molecule has 2 amide bonds. The molecule has 6 heteroatoms. The Hall–Kier alpha value is -0.460. The minimum absolute atomic E-state index is 0.0706. The Kier molecular flexibility index (Phi) is 7.68. The molecule has 21 heavy (non-hydrogen) atoms. The molecule has 0 aliphatic carbocycles. The van der Waals surface area contributed by atoms with Crippen molar-refractivity contribution >= 4 is 17.8 Å². The fraction of sp³-hybridized carbons (Fsp3) is 0.933. The molecule has 2 N–H and O–H groups in total. The molecule has 0 radical (unpaired) electrons. The molecule has 0 aromatic rings. The third-order valence-corrected chi connectivity index (χ3v) is 5.55. The number of urea groups is 1. The van der Waals surface area contributed by atoms with Crippen molar-refractivity contribution < 1.29 is 9.53 Å². The van der Waals surface area contributed by atoms with Gasteiger partial charge in [0.05, 0.1) is 6.61 Å². The quantitative estimate of drug-likeness (QED) is 0.730. The summed E-state index contributed by atoms with van der Waals surface area (Å²) in [6.07, 6.45) is 5.13. The second-order valence-corrected chi connectivity index (χ2v) is 7.18. The summed E-state index contributed by atoms with van der Waals surface area (Å²) in [5, 5.41) is 5.77. The van der Waals surface area contributed by atoms with Crippen LogP contribution < -0.4 is 10.6 Å². The molecule has 2 fully saturated rings. The van der Waals surface area contributed by atoms with Crippen molar-refractivity contribution in [1.29, 1.82) is 0 Å². The number of likely N-dealkylation sites (tertiary alicyclic amines) is 1. The number of nitrogens with zero attached hydrogens (tertiary/aromatic N) is 1. The maximum atomic E-state index is 11.6. The number of rotatable bonds is 6. The standard InChI is InChI=1S/C15H29N3O2S/c1-20-9-6-16-15(19)17-12-13-2-7-18(8-3-13)14-4-10-21-11-5-14/h13-14H,2-12H2,1H3,(H2,16,17,19). The van der Waals surface area contributed by atoms with E-state index in [2.05, 4.69) is 27.3 Å². The Morgan fingerprint density at radius 3 is 2.57 bits per heavy atom. The Morgan fingerprint density at radius 2 is 1.90 bits per heavy atom. The number of piperidine rings is 1. The Labute approximate surface area is 132 Å². The molecule has 2 aliphatic rings. The highest BCUT2D eigenvalue weighted by atomic mass is 32.2. The maximum Gasteiger partial charge on any atom is 0.314 e. The molecule has 0 unspecified atom stereocenters. The van der Waals surface area contributed by atoms with Crippen LogP contribution in [0.5, 0.6) is 0 Å². The Balaban J connectivity index is 1.57. The van der Waals surface area contributed by atoms with E-state index >= 15 is 0 Å². The summed E-state index contributed by atoms with van der Waals surface area (Å²) < 4.78 is 4.91. The largest absolute Gasteiger partial charge is 0.383 e. The number of hydrogen-bond acceptors (Lipinski definition) is 4. The molecule has 2 heterocycles. The van der Waals surface area contributed by atoms with Crippen molar-refractivity contribution in [2.24, 2.45) is 5.92 Å². The Morgan fingerprint density at radius 1 is 1.19 bits per heavy atom. The van der Waals surface area contributed by atoms with Gasteiger partial charge in [0.15, 0.2) is 0 Å². The van der Waals surface area contributed by atoms with Crippen molar-refractivity contribution in [1.82, 2.24) is 15.5 Å². The number of ether oxygens (including phenoxy) is 1. The highest BCUT2D eigenvalue weighted by Gasteiger charge is 2.26. The molecular formula is C15H29N3O2S. The molecular weight excluding hydrogens is 286 g/mol. The van der Waals surface area contributed by atoms with Crippen LogP contribution in [0.4, 0.5) is 4.79 Å². The normalized spacial score (nSPS) is 22.1. The molecule has 0 bridgehead atoms. The molecule has 0 spiro atoms. The molecule has 0 saturated carbocycles. The van der Waals surface area contributed by atoms with Crippen LogP contribution in [0.2, 0.25) is 0 Å². The number of carbonyl (C=O) groups excluding carboxylic acids is 1. The van der Waals surface area contributed by atoms with Gasteiger partial charge in [0.25, 0.3) is 0 Å². The van der Waals surface area contributed by atoms with E-state index in [0.717, 1.165) is 12.6 Å². The van der Waals surface area contributed by atoms with Crippen LogP contribution in [-0.4, -0.2) is 68.4 Å². The van der Waals surface area contributed by atoms with Crippen LogP contribution >= 0.6 is 11.8 Å². The van der Waals surface area contributed by atoms with E-state index in [-0.39, 0.29) is 6.03 Å². The summed E-state index contributed by atoms with van der Waals surface area (Å²) in [5.41, 5.74) is 0. The summed E-state index contributed by atoms with van der Waals surface area (Å²) >= 11 is 2.09. The zero-order valence-corrected chi connectivity index (χ0v) is 13.9. The van der Waals surface area contributed by atoms with Gasteiger partial charge < -0.3 is 20.3 Å². The van der Waals surface area contributed by atoms with Crippen LogP contribution in [-0.2, 0) is 4.74 Å². The van der Waals surface area contributed by atoms with Crippen molar-refractivity contribution in [2.75, 3.05) is 51.4 Å². The van der Waals surface area contributed by atoms with E-state index in [0.29, 0.717) is 19.1 Å². The van der Waals surface area contributed by atoms with Crippen LogP contribution in [0, 0.1) is 5.92 Å². The lowest BCUT2D eigenvalue weighted by Crippen LogP contribution is -2.46. The summed E-state index contributed by atoms with van der Waals surface area (Å²) in [6, 6.07) is 0.747. The van der Waals surface area contributed by atoms with Gasteiger partial charge in [0.1, 0.15) is 0 Å². The van der Waals surface area contributed by atoms with Crippen LogP contribution in [0.3, 0.4) is 0 Å². The molecule has 0 aromatic heterocycles. The van der Waals surface area contributed by atoms with Gasteiger partial charge in [-0.05, 0) is 56.2 Å². The van der Waals surface area contributed by atoms with E-state index in [1.807, 2.05) is 0 Å². The van der Waals surface area contributed by atoms with Gasteiger partial charge in [0, 0.05) is 26.2 Å². The lowest BCUT2D eigenvalue weighted by atomic mass is 9.94. The smallest absolute Gasteiger partial charge is 0.314 e. The second kappa shape index (κ2) is 9.54. The zero-order chi connectivity index (χ0) is 14.9. The average Bonchev–Trinajstić information content (AvgIpc) is 2.54. The van der Waals surface area contributed by atoms with Crippen LogP contribution in [0.25, 0.3) is 0 Å². The predicted octanol–water partition coefficient (Wildman–Crippen LogP) is 1.54. The van der Waals surface area contributed by atoms with Gasteiger partial charge in [-0.3, -0.25) is 0 Å². The molecule has 2 aliphatic heterocycles. The minimum Gasteiger partial charge on any atom is -0.383 e. The highest BCUT2D eigenvalue weighted by molar-refractivity contribution is 7.99. The topological polar surface area (TPSA) is 53.6 Å². The molecule has 2 saturated heterocycles. The van der Waals surface area contributed by atoms with Crippen molar-refractivity contribution in [3.8, 4) is 0 Å². The van der Waals surface area contributed by atoms with E-state index < -0.39 is 0 Å². The van der Waals surface area contributed by atoms with Gasteiger partial charge in [-0.1, -0.05) is 0 Å². The number of carbonyl (C=O) groups is 1. The lowest BCUT2D eigenvalue weighted by molar-refractivity contribution is 0.125. The SMILES string of the molecule is COCCNC(=O)NCC1CCN(C2CCSCC2)CC1. The first-order chi connectivity index (χ1) is 10.3. The molecule has 2 rings (SSSR count). The number of hydrogen-bond donors (Lipinski definition) is 2. The first-order valence-corrected chi connectivity index (χ1v) is 9.27. The summed E-state index contributed by atoms with van der Waals surface area (Å²) in [4.78, 5) is 14.3. The molecule has 122 valence electrons. The summed E-state index contributed by atoms with van der Waals surface area (Å²) in [5.74, 6) is 3.29. The van der Waals surface area contributed by atoms with Crippen LogP contribution in [0.1, 0.15) is 25.7 Å².